The molecule has 2 N–H and O–H groups in total. The number of anilines is 2. The van der Waals surface area contributed by atoms with Crippen molar-refractivity contribution in [1.29, 1.82) is 0 Å². The zero-order valence-corrected chi connectivity index (χ0v) is 18.0. The molecule has 2 heterocycles. The Bertz CT molecular complexity index is 1150. The molecule has 166 valence electrons. The van der Waals surface area contributed by atoms with Gasteiger partial charge in [-0.3, -0.25) is 9.59 Å². The number of amides is 2. The lowest BCUT2D eigenvalue weighted by Gasteiger charge is -2.10. The average Bonchev–Trinajstić information content (AvgIpc) is 3.37. The first-order chi connectivity index (χ1) is 16.2. The van der Waals surface area contributed by atoms with Crippen molar-refractivity contribution >= 4 is 23.5 Å². The van der Waals surface area contributed by atoms with Gasteiger partial charge in [0.2, 0.25) is 11.8 Å². The highest BCUT2D eigenvalue weighted by Crippen LogP contribution is 2.40. The van der Waals surface area contributed by atoms with Gasteiger partial charge >= 0.3 is 0 Å². The van der Waals surface area contributed by atoms with Crippen molar-refractivity contribution in [1.82, 2.24) is 19.6 Å². The summed E-state index contributed by atoms with van der Waals surface area (Å²) < 4.78 is 3.49. The third kappa shape index (κ3) is 4.85. The average molecular weight is 441 g/mol. The fourth-order valence-electron chi connectivity index (χ4n) is 3.85. The third-order valence-corrected chi connectivity index (χ3v) is 5.75. The molecule has 2 atom stereocenters. The maximum absolute atomic E-state index is 12.8. The minimum absolute atomic E-state index is 0.164. The standard InChI is InChI=1S/C25H24N6O2/c32-24(28-22-11-13-26-30(22)16-18-7-3-1-4-8-18)20-15-21(20)25(33)29-23-12-14-27-31(23)17-19-9-5-2-6-10-19/h1-14,20-21H,15-17H2,(H,28,32)(H,29,33)/t20-,21-/m1/s1. The van der Waals surface area contributed by atoms with Crippen molar-refractivity contribution in [3.05, 3.63) is 96.3 Å². The second-order valence-corrected chi connectivity index (χ2v) is 8.15. The first kappa shape index (κ1) is 20.7. The summed E-state index contributed by atoms with van der Waals surface area (Å²) in [5, 5.41) is 14.5. The van der Waals surface area contributed by atoms with Crippen molar-refractivity contribution in [2.45, 2.75) is 19.5 Å². The zero-order chi connectivity index (χ0) is 22.6. The molecular formula is C25H24N6O2. The molecule has 0 unspecified atom stereocenters. The quantitative estimate of drug-likeness (QED) is 0.439. The first-order valence-electron chi connectivity index (χ1n) is 10.9. The molecule has 0 spiro atoms. The number of rotatable bonds is 8. The monoisotopic (exact) mass is 440 g/mol. The highest BCUT2D eigenvalue weighted by Gasteiger charge is 2.48. The van der Waals surface area contributed by atoms with Crippen LogP contribution in [0.5, 0.6) is 0 Å². The Hall–Kier alpha value is -4.20. The van der Waals surface area contributed by atoms with Crippen LogP contribution in [0.2, 0.25) is 0 Å². The van der Waals surface area contributed by atoms with E-state index in [0.717, 1.165) is 11.1 Å². The fourth-order valence-corrected chi connectivity index (χ4v) is 3.85. The van der Waals surface area contributed by atoms with Gasteiger partial charge in [-0.15, -0.1) is 0 Å². The Labute approximate surface area is 191 Å². The van der Waals surface area contributed by atoms with E-state index in [1.165, 1.54) is 0 Å². The highest BCUT2D eigenvalue weighted by atomic mass is 16.2. The highest BCUT2D eigenvalue weighted by molar-refractivity contribution is 6.02. The van der Waals surface area contributed by atoms with Crippen LogP contribution < -0.4 is 10.6 Å². The van der Waals surface area contributed by atoms with Crippen molar-refractivity contribution in [2.75, 3.05) is 10.6 Å². The lowest BCUT2D eigenvalue weighted by molar-refractivity contribution is -0.122. The number of aromatic nitrogens is 4. The second kappa shape index (κ2) is 9.12. The summed E-state index contributed by atoms with van der Waals surface area (Å²) in [6.45, 7) is 1.12. The predicted molar refractivity (Wildman–Crippen MR) is 124 cm³/mol. The minimum Gasteiger partial charge on any atom is -0.311 e. The molecule has 0 aliphatic heterocycles. The lowest BCUT2D eigenvalue weighted by Crippen LogP contribution is -2.23. The Morgan fingerprint density at radius 3 is 1.55 bits per heavy atom. The van der Waals surface area contributed by atoms with Crippen molar-refractivity contribution in [3.8, 4) is 0 Å². The summed E-state index contributed by atoms with van der Waals surface area (Å²) >= 11 is 0. The van der Waals surface area contributed by atoms with E-state index in [2.05, 4.69) is 20.8 Å². The van der Waals surface area contributed by atoms with Gasteiger partial charge in [0, 0.05) is 12.1 Å². The molecule has 1 aliphatic carbocycles. The predicted octanol–water partition coefficient (Wildman–Crippen LogP) is 3.39. The summed E-state index contributed by atoms with van der Waals surface area (Å²) in [7, 11) is 0. The van der Waals surface area contributed by atoms with Crippen molar-refractivity contribution in [3.63, 3.8) is 0 Å². The molecule has 2 aromatic carbocycles. The van der Waals surface area contributed by atoms with Gasteiger partial charge in [0.15, 0.2) is 0 Å². The minimum atomic E-state index is -0.351. The molecular weight excluding hydrogens is 416 g/mol. The lowest BCUT2D eigenvalue weighted by atomic mass is 10.2. The Kier molecular flexibility index (Phi) is 5.72. The molecule has 1 saturated carbocycles. The molecule has 8 heteroatoms. The zero-order valence-electron chi connectivity index (χ0n) is 18.0. The summed E-state index contributed by atoms with van der Waals surface area (Å²) in [6, 6.07) is 23.4. The smallest absolute Gasteiger partial charge is 0.229 e. The van der Waals surface area contributed by atoms with E-state index in [9.17, 15) is 9.59 Å². The first-order valence-corrected chi connectivity index (χ1v) is 10.9. The summed E-state index contributed by atoms with van der Waals surface area (Å²) in [5.41, 5.74) is 2.18. The maximum atomic E-state index is 12.8. The topological polar surface area (TPSA) is 93.8 Å². The van der Waals surface area contributed by atoms with Gasteiger partial charge in [0.25, 0.3) is 0 Å². The molecule has 0 radical (unpaired) electrons. The van der Waals surface area contributed by atoms with Crippen LogP contribution in [0.25, 0.3) is 0 Å². The van der Waals surface area contributed by atoms with Crippen LogP contribution in [0, 0.1) is 11.8 Å². The van der Waals surface area contributed by atoms with Crippen molar-refractivity contribution in [2.24, 2.45) is 11.8 Å². The molecule has 0 bridgehead atoms. The molecule has 0 saturated heterocycles. The van der Waals surface area contributed by atoms with E-state index in [1.54, 1.807) is 33.9 Å². The second-order valence-electron chi connectivity index (χ2n) is 8.15. The third-order valence-electron chi connectivity index (χ3n) is 5.75. The Morgan fingerprint density at radius 2 is 1.12 bits per heavy atom. The Balaban J connectivity index is 1.17. The van der Waals surface area contributed by atoms with Crippen LogP contribution >= 0.6 is 0 Å². The van der Waals surface area contributed by atoms with E-state index >= 15 is 0 Å². The number of carbonyl (C=O) groups excluding carboxylic acids is 2. The molecule has 2 amide bonds. The summed E-state index contributed by atoms with van der Waals surface area (Å²) in [4.78, 5) is 25.5. The number of nitrogens with one attached hydrogen (secondary N) is 2. The van der Waals surface area contributed by atoms with Gasteiger partial charge in [-0.05, 0) is 17.5 Å². The number of benzene rings is 2. The van der Waals surface area contributed by atoms with Gasteiger partial charge in [-0.1, -0.05) is 60.7 Å². The molecule has 8 nitrogen and oxygen atoms in total. The van der Waals surface area contributed by atoms with Crippen LogP contribution in [-0.2, 0) is 22.7 Å². The van der Waals surface area contributed by atoms with Gasteiger partial charge in [-0.2, -0.15) is 10.2 Å². The summed E-state index contributed by atoms with van der Waals surface area (Å²) in [5.74, 6) is 0.211. The van der Waals surface area contributed by atoms with Crippen LogP contribution in [0.1, 0.15) is 17.5 Å². The SMILES string of the molecule is O=C(Nc1ccnn1Cc1ccccc1)[C@@H]1C[C@H]1C(=O)Nc1ccnn1Cc1ccccc1. The van der Waals surface area contributed by atoms with E-state index in [1.807, 2.05) is 60.7 Å². The van der Waals surface area contributed by atoms with E-state index in [0.29, 0.717) is 31.1 Å². The molecule has 1 aliphatic rings. The number of nitrogens with zero attached hydrogens (tertiary/aromatic N) is 4. The number of carbonyl (C=O) groups is 2. The van der Waals surface area contributed by atoms with Crippen LogP contribution in [0.3, 0.4) is 0 Å². The van der Waals surface area contributed by atoms with Gasteiger partial charge in [0.05, 0.1) is 37.3 Å². The molecule has 4 aromatic rings. The van der Waals surface area contributed by atoms with E-state index in [-0.39, 0.29) is 23.7 Å². The fraction of sp³-hybridized carbons (Fsp3) is 0.200. The van der Waals surface area contributed by atoms with Crippen LogP contribution in [0.15, 0.2) is 85.2 Å². The van der Waals surface area contributed by atoms with E-state index in [4.69, 9.17) is 0 Å². The van der Waals surface area contributed by atoms with E-state index < -0.39 is 0 Å². The maximum Gasteiger partial charge on any atom is 0.229 e. The molecule has 2 aromatic heterocycles. The Morgan fingerprint density at radius 1 is 0.697 bits per heavy atom. The number of hydrogen-bond acceptors (Lipinski definition) is 4. The van der Waals surface area contributed by atoms with Gasteiger partial charge in [-0.25, -0.2) is 9.36 Å². The van der Waals surface area contributed by atoms with Gasteiger partial charge < -0.3 is 10.6 Å². The molecule has 1 fully saturated rings. The van der Waals surface area contributed by atoms with Crippen molar-refractivity contribution < 1.29 is 9.59 Å². The van der Waals surface area contributed by atoms with Crippen LogP contribution in [0.4, 0.5) is 11.6 Å². The number of hydrogen-bond donors (Lipinski definition) is 2. The largest absolute Gasteiger partial charge is 0.311 e. The molecule has 33 heavy (non-hydrogen) atoms. The normalized spacial score (nSPS) is 16.8. The molecule has 5 rings (SSSR count). The van der Waals surface area contributed by atoms with Gasteiger partial charge in [0.1, 0.15) is 11.6 Å². The summed E-state index contributed by atoms with van der Waals surface area (Å²) in [6.07, 6.45) is 3.84. The van der Waals surface area contributed by atoms with Crippen LogP contribution in [-0.4, -0.2) is 31.4 Å².